The third-order valence-electron chi connectivity index (χ3n) is 6.24. The molecule has 1 saturated heterocycles. The van der Waals surface area contributed by atoms with Crippen LogP contribution in [0.5, 0.6) is 11.5 Å². The first-order valence-electron chi connectivity index (χ1n) is 11.6. The number of carbonyl (C=O) groups is 1. The Balaban J connectivity index is 1.66. The van der Waals surface area contributed by atoms with Gasteiger partial charge < -0.3 is 14.4 Å². The zero-order chi connectivity index (χ0) is 24.9. The Morgan fingerprint density at radius 2 is 1.65 bits per heavy atom. The molecule has 1 amide bonds. The van der Waals surface area contributed by atoms with E-state index < -0.39 is 10.0 Å². The predicted octanol–water partition coefficient (Wildman–Crippen LogP) is 3.08. The summed E-state index contributed by atoms with van der Waals surface area (Å²) in [6.07, 6.45) is 0. The number of ether oxygens (including phenoxy) is 2. The molecule has 34 heavy (non-hydrogen) atoms. The first-order valence-corrected chi connectivity index (χ1v) is 13.0. The van der Waals surface area contributed by atoms with E-state index in [1.165, 1.54) is 24.6 Å². The fraction of sp³-hybridized carbons (Fsp3) is 0.480. The van der Waals surface area contributed by atoms with Crippen LogP contribution < -0.4 is 9.47 Å². The minimum absolute atomic E-state index is 0.0623. The molecular weight excluding hydrogens is 454 g/mol. The van der Waals surface area contributed by atoms with E-state index in [2.05, 4.69) is 25.7 Å². The van der Waals surface area contributed by atoms with Crippen LogP contribution in [-0.2, 0) is 16.6 Å². The molecular formula is C25H35N3O5S. The van der Waals surface area contributed by atoms with Crippen molar-refractivity contribution in [3.8, 4) is 11.5 Å². The van der Waals surface area contributed by atoms with Gasteiger partial charge in [-0.05, 0) is 50.2 Å². The molecule has 0 aliphatic carbocycles. The Hall–Kier alpha value is -2.62. The lowest BCUT2D eigenvalue weighted by Gasteiger charge is -2.34. The summed E-state index contributed by atoms with van der Waals surface area (Å²) >= 11 is 0. The Morgan fingerprint density at radius 1 is 1.00 bits per heavy atom. The van der Waals surface area contributed by atoms with Crippen LogP contribution in [0.1, 0.15) is 36.7 Å². The largest absolute Gasteiger partial charge is 0.497 e. The summed E-state index contributed by atoms with van der Waals surface area (Å²) in [4.78, 5) is 17.1. The summed E-state index contributed by atoms with van der Waals surface area (Å²) in [5.74, 6) is 0.615. The van der Waals surface area contributed by atoms with Crippen molar-refractivity contribution in [1.29, 1.82) is 0 Å². The van der Waals surface area contributed by atoms with Crippen molar-refractivity contribution in [3.05, 3.63) is 53.6 Å². The molecule has 8 nitrogen and oxygen atoms in total. The zero-order valence-electron chi connectivity index (χ0n) is 20.7. The highest BCUT2D eigenvalue weighted by molar-refractivity contribution is 7.89. The highest BCUT2D eigenvalue weighted by atomic mass is 32.2. The normalized spacial score (nSPS) is 15.1. The number of methoxy groups -OCH3 is 2. The smallest absolute Gasteiger partial charge is 0.253 e. The lowest BCUT2D eigenvalue weighted by Crippen LogP contribution is -2.50. The number of nitrogens with zero attached hydrogens (tertiary/aromatic N) is 3. The molecule has 0 saturated carbocycles. The average molecular weight is 490 g/mol. The summed E-state index contributed by atoms with van der Waals surface area (Å²) in [6, 6.07) is 12.9. The van der Waals surface area contributed by atoms with Crippen LogP contribution in [0.3, 0.4) is 0 Å². The quantitative estimate of drug-likeness (QED) is 0.539. The number of hydrogen-bond donors (Lipinski definition) is 0. The number of carbonyl (C=O) groups excluding carboxylic acids is 1. The van der Waals surface area contributed by atoms with Crippen molar-refractivity contribution < 1.29 is 22.7 Å². The maximum Gasteiger partial charge on any atom is 0.253 e. The lowest BCUT2D eigenvalue weighted by atomic mass is 10.1. The van der Waals surface area contributed by atoms with Crippen LogP contribution in [0.2, 0.25) is 0 Å². The summed E-state index contributed by atoms with van der Waals surface area (Å²) in [5.41, 5.74) is 1.78. The monoisotopic (exact) mass is 489 g/mol. The maximum absolute atomic E-state index is 13.3. The molecule has 0 aromatic heterocycles. The molecule has 0 unspecified atom stereocenters. The topological polar surface area (TPSA) is 79.4 Å². The van der Waals surface area contributed by atoms with E-state index in [0.717, 1.165) is 18.7 Å². The van der Waals surface area contributed by atoms with Gasteiger partial charge in [0, 0.05) is 50.4 Å². The number of hydrogen-bond acceptors (Lipinski definition) is 6. The van der Waals surface area contributed by atoms with Crippen molar-refractivity contribution in [1.82, 2.24) is 14.1 Å². The highest BCUT2D eigenvalue weighted by Crippen LogP contribution is 2.31. The molecule has 2 aromatic carbocycles. The third kappa shape index (κ3) is 5.71. The van der Waals surface area contributed by atoms with Gasteiger partial charge in [0.25, 0.3) is 5.91 Å². The molecule has 0 N–H and O–H groups in total. The van der Waals surface area contributed by atoms with E-state index in [1.807, 2.05) is 24.3 Å². The number of sulfonamides is 1. The summed E-state index contributed by atoms with van der Waals surface area (Å²) < 4.78 is 38.4. The summed E-state index contributed by atoms with van der Waals surface area (Å²) in [6.45, 7) is 9.37. The van der Waals surface area contributed by atoms with E-state index in [-0.39, 0.29) is 29.6 Å². The average Bonchev–Trinajstić information content (AvgIpc) is 2.86. The maximum atomic E-state index is 13.3. The van der Waals surface area contributed by atoms with Crippen LogP contribution in [0.4, 0.5) is 0 Å². The lowest BCUT2D eigenvalue weighted by molar-refractivity contribution is 0.0697. The van der Waals surface area contributed by atoms with Crippen LogP contribution >= 0.6 is 0 Å². The van der Waals surface area contributed by atoms with Gasteiger partial charge >= 0.3 is 0 Å². The van der Waals surface area contributed by atoms with Gasteiger partial charge in [0.2, 0.25) is 10.0 Å². The molecule has 1 fully saturated rings. The Bertz CT molecular complexity index is 1080. The molecule has 9 heteroatoms. The molecule has 1 aliphatic rings. The second kappa shape index (κ2) is 11.2. The predicted molar refractivity (Wildman–Crippen MR) is 132 cm³/mol. The number of amides is 1. The van der Waals surface area contributed by atoms with E-state index in [0.29, 0.717) is 30.4 Å². The van der Waals surface area contributed by atoms with Crippen molar-refractivity contribution in [2.24, 2.45) is 0 Å². The zero-order valence-corrected chi connectivity index (χ0v) is 21.5. The highest BCUT2D eigenvalue weighted by Gasteiger charge is 2.32. The van der Waals surface area contributed by atoms with Gasteiger partial charge in [0.05, 0.1) is 14.2 Å². The van der Waals surface area contributed by atoms with Gasteiger partial charge in [-0.25, -0.2) is 8.42 Å². The fourth-order valence-electron chi connectivity index (χ4n) is 4.09. The Kier molecular flexibility index (Phi) is 8.57. The van der Waals surface area contributed by atoms with Gasteiger partial charge in [-0.1, -0.05) is 19.1 Å². The first kappa shape index (κ1) is 26.0. The van der Waals surface area contributed by atoms with Gasteiger partial charge in [0.1, 0.15) is 16.4 Å². The molecule has 0 atom stereocenters. The van der Waals surface area contributed by atoms with E-state index in [1.54, 1.807) is 17.0 Å². The summed E-state index contributed by atoms with van der Waals surface area (Å²) in [5, 5.41) is 0. The Labute approximate surface area is 203 Å². The van der Waals surface area contributed by atoms with Gasteiger partial charge in [-0.15, -0.1) is 0 Å². The minimum atomic E-state index is -3.79. The van der Waals surface area contributed by atoms with Crippen LogP contribution in [0.15, 0.2) is 47.4 Å². The molecule has 186 valence electrons. The van der Waals surface area contributed by atoms with Crippen LogP contribution in [-0.4, -0.2) is 81.4 Å². The second-order valence-corrected chi connectivity index (χ2v) is 10.5. The van der Waals surface area contributed by atoms with Gasteiger partial charge in [-0.2, -0.15) is 4.31 Å². The summed E-state index contributed by atoms with van der Waals surface area (Å²) in [7, 11) is -0.871. The van der Waals surface area contributed by atoms with Crippen molar-refractivity contribution in [3.63, 3.8) is 0 Å². The molecule has 3 rings (SSSR count). The number of piperazine rings is 1. The standard InChI is InChI=1S/C25H35N3O5S/c1-6-26(19(2)3)18-20-7-9-21(10-8-20)25(29)27-13-15-28(16-14-27)34(30,31)24-17-22(32-4)11-12-23(24)33-5/h7-12,17,19H,6,13-16,18H2,1-5H3. The third-order valence-corrected chi connectivity index (χ3v) is 8.16. The van der Waals surface area contributed by atoms with E-state index in [4.69, 9.17) is 9.47 Å². The van der Waals surface area contributed by atoms with Crippen LogP contribution in [0, 0.1) is 0 Å². The molecule has 0 spiro atoms. The number of benzene rings is 2. The SMILES string of the molecule is CCN(Cc1ccc(C(=O)N2CCN(S(=O)(=O)c3cc(OC)ccc3OC)CC2)cc1)C(C)C. The van der Waals surface area contributed by atoms with Crippen LogP contribution in [0.25, 0.3) is 0 Å². The molecule has 0 radical (unpaired) electrons. The molecule has 1 aliphatic heterocycles. The van der Waals surface area contributed by atoms with Gasteiger partial charge in [0.15, 0.2) is 0 Å². The van der Waals surface area contributed by atoms with Crippen molar-refractivity contribution >= 4 is 15.9 Å². The van der Waals surface area contributed by atoms with Gasteiger partial charge in [-0.3, -0.25) is 9.69 Å². The first-order chi connectivity index (χ1) is 16.2. The van der Waals surface area contributed by atoms with Crippen molar-refractivity contribution in [2.45, 2.75) is 38.3 Å². The number of rotatable bonds is 9. The van der Waals surface area contributed by atoms with E-state index >= 15 is 0 Å². The minimum Gasteiger partial charge on any atom is -0.497 e. The van der Waals surface area contributed by atoms with Crippen molar-refractivity contribution in [2.75, 3.05) is 46.9 Å². The Morgan fingerprint density at radius 3 is 2.18 bits per heavy atom. The molecule has 0 bridgehead atoms. The second-order valence-electron chi connectivity index (χ2n) is 8.57. The van der Waals surface area contributed by atoms with E-state index in [9.17, 15) is 13.2 Å². The molecule has 2 aromatic rings. The molecule has 1 heterocycles. The fourth-order valence-corrected chi connectivity index (χ4v) is 5.68.